The summed E-state index contributed by atoms with van der Waals surface area (Å²) in [4.78, 5) is 0. The quantitative estimate of drug-likeness (QED) is 0.846. The van der Waals surface area contributed by atoms with E-state index < -0.39 is 0 Å². The number of halogens is 2. The molecule has 0 saturated carbocycles. The van der Waals surface area contributed by atoms with Crippen LogP contribution in [0.15, 0.2) is 46.9 Å². The van der Waals surface area contributed by atoms with Gasteiger partial charge in [-0.25, -0.2) is 4.39 Å². The first-order valence-electron chi connectivity index (χ1n) is 6.86. The second-order valence-corrected chi connectivity index (χ2v) is 5.70. The largest absolute Gasteiger partial charge is 0.384 e. The Morgan fingerprint density at radius 1 is 1.19 bits per heavy atom. The number of benzene rings is 2. The Kier molecular flexibility index (Phi) is 5.91. The van der Waals surface area contributed by atoms with Crippen molar-refractivity contribution >= 4 is 15.9 Å². The molecule has 1 N–H and O–H groups in total. The van der Waals surface area contributed by atoms with Crippen LogP contribution in [0.5, 0.6) is 0 Å². The van der Waals surface area contributed by atoms with Crippen LogP contribution in [-0.2, 0) is 11.2 Å². The molecule has 112 valence electrons. The zero-order valence-corrected chi connectivity index (χ0v) is 13.8. The van der Waals surface area contributed by atoms with Crippen LogP contribution in [0.3, 0.4) is 0 Å². The van der Waals surface area contributed by atoms with Gasteiger partial charge in [0, 0.05) is 12.7 Å². The third kappa shape index (κ3) is 3.90. The van der Waals surface area contributed by atoms with Crippen LogP contribution in [0.1, 0.15) is 22.7 Å². The first-order chi connectivity index (χ1) is 10.2. The van der Waals surface area contributed by atoms with Crippen molar-refractivity contribution in [2.75, 3.05) is 20.8 Å². The third-order valence-corrected chi connectivity index (χ3v) is 4.10. The summed E-state index contributed by atoms with van der Waals surface area (Å²) >= 11 is 3.24. The van der Waals surface area contributed by atoms with Gasteiger partial charge in [-0.15, -0.1) is 0 Å². The van der Waals surface area contributed by atoms with Crippen LogP contribution in [0.2, 0.25) is 0 Å². The number of hydrogen-bond acceptors (Lipinski definition) is 2. The van der Waals surface area contributed by atoms with E-state index in [2.05, 4.69) is 33.4 Å². The van der Waals surface area contributed by atoms with Gasteiger partial charge in [0.2, 0.25) is 0 Å². The standard InChI is InChI=1S/C17H19BrFNO/c1-20-17(14-4-3-5-15(18)16(14)19)13-8-6-12(7-9-13)10-11-21-2/h3-9,17,20H,10-11H2,1-2H3. The molecule has 1 atom stereocenters. The van der Waals surface area contributed by atoms with E-state index in [1.165, 1.54) is 5.56 Å². The van der Waals surface area contributed by atoms with Crippen molar-refractivity contribution in [2.24, 2.45) is 0 Å². The van der Waals surface area contributed by atoms with E-state index in [-0.39, 0.29) is 11.9 Å². The van der Waals surface area contributed by atoms with E-state index in [9.17, 15) is 4.39 Å². The lowest BCUT2D eigenvalue weighted by atomic mass is 9.97. The molecule has 0 bridgehead atoms. The fourth-order valence-electron chi connectivity index (χ4n) is 2.34. The molecule has 0 amide bonds. The number of ether oxygens (including phenoxy) is 1. The molecule has 0 spiro atoms. The molecule has 0 aliphatic rings. The van der Waals surface area contributed by atoms with Gasteiger partial charge in [-0.1, -0.05) is 36.4 Å². The van der Waals surface area contributed by atoms with Crippen molar-refractivity contribution in [3.63, 3.8) is 0 Å². The molecule has 0 fully saturated rings. The Hall–Kier alpha value is -1.23. The van der Waals surface area contributed by atoms with Crippen molar-refractivity contribution in [2.45, 2.75) is 12.5 Å². The monoisotopic (exact) mass is 351 g/mol. The summed E-state index contributed by atoms with van der Waals surface area (Å²) in [6.45, 7) is 0.703. The lowest BCUT2D eigenvalue weighted by Crippen LogP contribution is -2.19. The molecule has 0 aliphatic carbocycles. The molecule has 0 heterocycles. The minimum Gasteiger partial charge on any atom is -0.384 e. The summed E-state index contributed by atoms with van der Waals surface area (Å²) in [6.07, 6.45) is 0.881. The second kappa shape index (κ2) is 7.69. The molecule has 2 aromatic rings. The maximum absolute atomic E-state index is 14.3. The van der Waals surface area contributed by atoms with E-state index >= 15 is 0 Å². The van der Waals surface area contributed by atoms with Gasteiger partial charge in [0.05, 0.1) is 17.1 Å². The van der Waals surface area contributed by atoms with Gasteiger partial charge in [-0.2, -0.15) is 0 Å². The van der Waals surface area contributed by atoms with Crippen molar-refractivity contribution < 1.29 is 9.13 Å². The third-order valence-electron chi connectivity index (χ3n) is 3.49. The molecule has 21 heavy (non-hydrogen) atoms. The normalized spacial score (nSPS) is 12.4. The molecule has 1 unspecified atom stereocenters. The van der Waals surface area contributed by atoms with Crippen LogP contribution < -0.4 is 5.32 Å². The summed E-state index contributed by atoms with van der Waals surface area (Å²) in [7, 11) is 3.53. The van der Waals surface area contributed by atoms with Crippen molar-refractivity contribution in [1.82, 2.24) is 5.32 Å². The van der Waals surface area contributed by atoms with Crippen LogP contribution in [-0.4, -0.2) is 20.8 Å². The summed E-state index contributed by atoms with van der Waals surface area (Å²) in [6, 6.07) is 13.4. The van der Waals surface area contributed by atoms with Gasteiger partial charge < -0.3 is 10.1 Å². The van der Waals surface area contributed by atoms with Crippen LogP contribution in [0.4, 0.5) is 4.39 Å². The maximum Gasteiger partial charge on any atom is 0.142 e. The van der Waals surface area contributed by atoms with Gasteiger partial charge in [0.15, 0.2) is 0 Å². The van der Waals surface area contributed by atoms with E-state index in [1.807, 2.05) is 25.2 Å². The first-order valence-corrected chi connectivity index (χ1v) is 7.65. The van der Waals surface area contributed by atoms with E-state index in [0.717, 1.165) is 12.0 Å². The van der Waals surface area contributed by atoms with Gasteiger partial charge in [0.25, 0.3) is 0 Å². The number of nitrogens with one attached hydrogen (secondary N) is 1. The maximum atomic E-state index is 14.3. The average molecular weight is 352 g/mol. The van der Waals surface area contributed by atoms with Gasteiger partial charge in [-0.05, 0) is 46.6 Å². The van der Waals surface area contributed by atoms with E-state index in [0.29, 0.717) is 16.6 Å². The molecule has 2 rings (SSSR count). The van der Waals surface area contributed by atoms with Crippen LogP contribution in [0, 0.1) is 5.82 Å². The highest BCUT2D eigenvalue weighted by molar-refractivity contribution is 9.10. The fraction of sp³-hybridized carbons (Fsp3) is 0.294. The Morgan fingerprint density at radius 2 is 1.90 bits per heavy atom. The van der Waals surface area contributed by atoms with E-state index in [4.69, 9.17) is 4.74 Å². The molecular formula is C17H19BrFNO. The Labute approximate surface area is 133 Å². The Morgan fingerprint density at radius 3 is 2.52 bits per heavy atom. The smallest absolute Gasteiger partial charge is 0.142 e. The number of methoxy groups -OCH3 is 1. The summed E-state index contributed by atoms with van der Waals surface area (Å²) in [5.74, 6) is -0.222. The lowest BCUT2D eigenvalue weighted by molar-refractivity contribution is 0.202. The molecule has 2 aromatic carbocycles. The van der Waals surface area contributed by atoms with Crippen LogP contribution in [0.25, 0.3) is 0 Å². The minimum absolute atomic E-state index is 0.168. The summed E-state index contributed by atoms with van der Waals surface area (Å²) < 4.78 is 19.8. The molecular weight excluding hydrogens is 333 g/mol. The average Bonchev–Trinajstić information content (AvgIpc) is 2.51. The van der Waals surface area contributed by atoms with Crippen molar-refractivity contribution in [1.29, 1.82) is 0 Å². The van der Waals surface area contributed by atoms with Crippen molar-refractivity contribution in [3.8, 4) is 0 Å². The Balaban J connectivity index is 2.27. The molecule has 0 radical (unpaired) electrons. The molecule has 4 heteroatoms. The fourth-order valence-corrected chi connectivity index (χ4v) is 2.72. The highest BCUT2D eigenvalue weighted by Crippen LogP contribution is 2.28. The molecule has 0 aromatic heterocycles. The summed E-state index contributed by atoms with van der Waals surface area (Å²) in [5, 5.41) is 3.18. The van der Waals surface area contributed by atoms with Gasteiger partial charge >= 0.3 is 0 Å². The summed E-state index contributed by atoms with van der Waals surface area (Å²) in [5.41, 5.74) is 2.89. The van der Waals surface area contributed by atoms with Gasteiger partial charge in [-0.3, -0.25) is 0 Å². The zero-order valence-electron chi connectivity index (χ0n) is 12.2. The van der Waals surface area contributed by atoms with E-state index in [1.54, 1.807) is 19.2 Å². The highest BCUT2D eigenvalue weighted by atomic mass is 79.9. The molecule has 0 aliphatic heterocycles. The predicted molar refractivity (Wildman–Crippen MR) is 87.0 cm³/mol. The zero-order chi connectivity index (χ0) is 15.2. The minimum atomic E-state index is -0.222. The highest BCUT2D eigenvalue weighted by Gasteiger charge is 2.17. The Bertz CT molecular complexity index is 586. The molecule has 0 saturated heterocycles. The number of hydrogen-bond donors (Lipinski definition) is 1. The topological polar surface area (TPSA) is 21.3 Å². The predicted octanol–water partition coefficient (Wildman–Crippen LogP) is 4.09. The van der Waals surface area contributed by atoms with Crippen LogP contribution >= 0.6 is 15.9 Å². The van der Waals surface area contributed by atoms with Crippen molar-refractivity contribution in [3.05, 3.63) is 69.4 Å². The first kappa shape index (κ1) is 16.1. The van der Waals surface area contributed by atoms with Gasteiger partial charge in [0.1, 0.15) is 5.82 Å². The number of rotatable bonds is 6. The lowest BCUT2D eigenvalue weighted by Gasteiger charge is -2.19. The SMILES string of the molecule is CNC(c1ccc(CCOC)cc1)c1cccc(Br)c1F. The second-order valence-electron chi connectivity index (χ2n) is 4.85. The molecule has 2 nitrogen and oxygen atoms in total.